The molecule has 2 N–H and O–H groups in total. The summed E-state index contributed by atoms with van der Waals surface area (Å²) in [7, 11) is 1.51. The fourth-order valence-corrected chi connectivity index (χ4v) is 2.05. The van der Waals surface area contributed by atoms with Crippen LogP contribution in [0.4, 0.5) is 4.79 Å². The van der Waals surface area contributed by atoms with E-state index in [4.69, 9.17) is 9.84 Å². The van der Waals surface area contributed by atoms with Gasteiger partial charge < -0.3 is 19.8 Å². The molecule has 122 valence electrons. The Morgan fingerprint density at radius 1 is 1.27 bits per heavy atom. The first kappa shape index (κ1) is 18.0. The fourth-order valence-electron chi connectivity index (χ4n) is 2.05. The minimum absolute atomic E-state index is 0.0489. The molecule has 1 unspecified atom stereocenters. The van der Waals surface area contributed by atoms with E-state index >= 15 is 0 Å². The van der Waals surface area contributed by atoms with E-state index in [-0.39, 0.29) is 25.7 Å². The summed E-state index contributed by atoms with van der Waals surface area (Å²) in [4.78, 5) is 24.4. The Bertz CT molecular complexity index is 477. The molecule has 0 radical (unpaired) electrons. The maximum absolute atomic E-state index is 11.9. The number of aliphatic carboxylic acids is 1. The summed E-state index contributed by atoms with van der Waals surface area (Å²) in [6, 6.07) is 9.26. The molecule has 0 aliphatic rings. The number of aliphatic hydroxyl groups is 1. The van der Waals surface area contributed by atoms with E-state index in [0.717, 1.165) is 5.56 Å². The molecule has 0 saturated carbocycles. The van der Waals surface area contributed by atoms with Crippen LogP contribution >= 0.6 is 0 Å². The van der Waals surface area contributed by atoms with Gasteiger partial charge in [0.15, 0.2) is 0 Å². The van der Waals surface area contributed by atoms with Crippen molar-refractivity contribution in [2.45, 2.75) is 20.0 Å². The van der Waals surface area contributed by atoms with E-state index in [9.17, 15) is 14.7 Å². The Balaban J connectivity index is 2.48. The van der Waals surface area contributed by atoms with Crippen molar-refractivity contribution in [1.82, 2.24) is 4.90 Å². The van der Waals surface area contributed by atoms with Crippen LogP contribution in [0, 0.1) is 11.8 Å². The SMILES string of the molecule is C[C@H](CO)CC(CN(C)C(=O)OCc1ccccc1)C(=O)O. The number of hydrogen-bond acceptors (Lipinski definition) is 4. The standard InChI is InChI=1S/C16H23NO5/c1-12(10-18)8-14(15(19)20)9-17(2)16(21)22-11-13-6-4-3-5-7-13/h3-7,12,14,18H,8-11H2,1-2H3,(H,19,20)/t12-,14?/m0/s1. The van der Waals surface area contributed by atoms with Crippen LogP contribution in [0.15, 0.2) is 30.3 Å². The average molecular weight is 309 g/mol. The van der Waals surface area contributed by atoms with Crippen molar-refractivity contribution in [3.05, 3.63) is 35.9 Å². The number of hydrogen-bond donors (Lipinski definition) is 2. The lowest BCUT2D eigenvalue weighted by Gasteiger charge is -2.22. The number of aliphatic hydroxyl groups excluding tert-OH is 1. The van der Waals surface area contributed by atoms with Gasteiger partial charge in [0.2, 0.25) is 0 Å². The van der Waals surface area contributed by atoms with Crippen LogP contribution < -0.4 is 0 Å². The Kier molecular flexibility index (Phi) is 7.39. The fraction of sp³-hybridized carbons (Fsp3) is 0.500. The van der Waals surface area contributed by atoms with Crippen molar-refractivity contribution in [3.63, 3.8) is 0 Å². The topological polar surface area (TPSA) is 87.1 Å². The summed E-state index contributed by atoms with van der Waals surface area (Å²) >= 11 is 0. The molecule has 0 heterocycles. The van der Waals surface area contributed by atoms with Gasteiger partial charge in [-0.15, -0.1) is 0 Å². The van der Waals surface area contributed by atoms with Gasteiger partial charge in [0.1, 0.15) is 6.61 Å². The molecule has 1 aromatic rings. The summed E-state index contributed by atoms with van der Waals surface area (Å²) in [6.07, 6.45) is -0.256. The zero-order valence-electron chi connectivity index (χ0n) is 12.9. The lowest BCUT2D eigenvalue weighted by Crippen LogP contribution is -2.36. The zero-order chi connectivity index (χ0) is 16.5. The van der Waals surface area contributed by atoms with Crippen LogP contribution in [-0.2, 0) is 16.1 Å². The number of carbonyl (C=O) groups is 2. The first-order chi connectivity index (χ1) is 10.4. The minimum Gasteiger partial charge on any atom is -0.481 e. The molecular formula is C16H23NO5. The van der Waals surface area contributed by atoms with E-state index < -0.39 is 18.0 Å². The van der Waals surface area contributed by atoms with E-state index in [1.807, 2.05) is 30.3 Å². The molecule has 0 saturated heterocycles. The number of carboxylic acid groups (broad SMARTS) is 1. The van der Waals surface area contributed by atoms with E-state index in [0.29, 0.717) is 6.42 Å². The Morgan fingerprint density at radius 3 is 2.45 bits per heavy atom. The molecule has 0 aromatic heterocycles. The quantitative estimate of drug-likeness (QED) is 0.766. The van der Waals surface area contributed by atoms with Crippen LogP contribution in [0.5, 0.6) is 0 Å². The molecule has 6 nitrogen and oxygen atoms in total. The summed E-state index contributed by atoms with van der Waals surface area (Å²) in [5, 5.41) is 18.2. The van der Waals surface area contributed by atoms with Crippen molar-refractivity contribution in [2.24, 2.45) is 11.8 Å². The van der Waals surface area contributed by atoms with E-state index in [2.05, 4.69) is 0 Å². The van der Waals surface area contributed by atoms with Crippen LogP contribution in [0.25, 0.3) is 0 Å². The Labute approximate surface area is 130 Å². The van der Waals surface area contributed by atoms with Gasteiger partial charge in [0.25, 0.3) is 0 Å². The summed E-state index contributed by atoms with van der Waals surface area (Å²) in [5.74, 6) is -1.84. The van der Waals surface area contributed by atoms with Crippen molar-refractivity contribution in [1.29, 1.82) is 0 Å². The van der Waals surface area contributed by atoms with Gasteiger partial charge in [0.05, 0.1) is 5.92 Å². The van der Waals surface area contributed by atoms with E-state index in [1.165, 1.54) is 11.9 Å². The maximum atomic E-state index is 11.9. The molecule has 0 bridgehead atoms. The van der Waals surface area contributed by atoms with E-state index in [1.54, 1.807) is 6.92 Å². The number of amides is 1. The highest BCUT2D eigenvalue weighted by molar-refractivity contribution is 5.72. The largest absolute Gasteiger partial charge is 0.481 e. The van der Waals surface area contributed by atoms with Crippen LogP contribution in [0.2, 0.25) is 0 Å². The summed E-state index contributed by atoms with van der Waals surface area (Å²) < 4.78 is 5.15. The highest BCUT2D eigenvalue weighted by Crippen LogP contribution is 2.14. The number of benzene rings is 1. The predicted molar refractivity (Wildman–Crippen MR) is 81.2 cm³/mol. The number of nitrogens with zero attached hydrogens (tertiary/aromatic N) is 1. The number of ether oxygens (including phenoxy) is 1. The molecule has 0 spiro atoms. The molecule has 22 heavy (non-hydrogen) atoms. The predicted octanol–water partition coefficient (Wildman–Crippen LogP) is 1.97. The molecule has 1 rings (SSSR count). The summed E-state index contributed by atoms with van der Waals surface area (Å²) in [6.45, 7) is 1.89. The van der Waals surface area contributed by atoms with Crippen LogP contribution in [0.3, 0.4) is 0 Å². The van der Waals surface area contributed by atoms with Gasteiger partial charge in [-0.25, -0.2) is 4.79 Å². The highest BCUT2D eigenvalue weighted by atomic mass is 16.6. The van der Waals surface area contributed by atoms with Crippen LogP contribution in [-0.4, -0.2) is 47.4 Å². The maximum Gasteiger partial charge on any atom is 0.409 e. The van der Waals surface area contributed by atoms with Crippen molar-refractivity contribution in [3.8, 4) is 0 Å². The molecule has 0 fully saturated rings. The normalized spacial score (nSPS) is 13.2. The number of carbonyl (C=O) groups excluding carboxylic acids is 1. The molecule has 1 amide bonds. The third-order valence-corrected chi connectivity index (χ3v) is 3.36. The molecule has 0 aliphatic carbocycles. The minimum atomic E-state index is -0.983. The monoisotopic (exact) mass is 309 g/mol. The first-order valence-electron chi connectivity index (χ1n) is 7.19. The molecule has 2 atom stereocenters. The Morgan fingerprint density at radius 2 is 1.91 bits per heavy atom. The van der Waals surface area contributed by atoms with Gasteiger partial charge in [-0.1, -0.05) is 37.3 Å². The zero-order valence-corrected chi connectivity index (χ0v) is 12.9. The number of carboxylic acids is 1. The second kappa shape index (κ2) is 9.04. The van der Waals surface area contributed by atoms with Gasteiger partial charge in [-0.05, 0) is 17.9 Å². The lowest BCUT2D eigenvalue weighted by atomic mass is 9.96. The first-order valence-corrected chi connectivity index (χ1v) is 7.19. The Hall–Kier alpha value is -2.08. The molecule has 1 aromatic carbocycles. The van der Waals surface area contributed by atoms with Gasteiger partial charge in [-0.3, -0.25) is 4.79 Å². The second-order valence-electron chi connectivity index (χ2n) is 5.48. The smallest absolute Gasteiger partial charge is 0.409 e. The molecule has 0 aliphatic heterocycles. The molecular weight excluding hydrogens is 286 g/mol. The van der Waals surface area contributed by atoms with Crippen molar-refractivity contribution >= 4 is 12.1 Å². The third kappa shape index (κ3) is 6.13. The second-order valence-corrected chi connectivity index (χ2v) is 5.48. The number of rotatable bonds is 8. The average Bonchev–Trinajstić information content (AvgIpc) is 2.52. The highest BCUT2D eigenvalue weighted by Gasteiger charge is 2.24. The summed E-state index contributed by atoms with van der Waals surface area (Å²) in [5.41, 5.74) is 0.868. The lowest BCUT2D eigenvalue weighted by molar-refractivity contribution is -0.142. The molecule has 6 heteroatoms. The van der Waals surface area contributed by atoms with Gasteiger partial charge in [0, 0.05) is 20.2 Å². The van der Waals surface area contributed by atoms with Gasteiger partial charge in [-0.2, -0.15) is 0 Å². The van der Waals surface area contributed by atoms with Crippen molar-refractivity contribution in [2.75, 3.05) is 20.2 Å². The van der Waals surface area contributed by atoms with Gasteiger partial charge >= 0.3 is 12.1 Å². The van der Waals surface area contributed by atoms with Crippen LogP contribution in [0.1, 0.15) is 18.9 Å². The third-order valence-electron chi connectivity index (χ3n) is 3.36. The van der Waals surface area contributed by atoms with Crippen molar-refractivity contribution < 1.29 is 24.5 Å².